The van der Waals surface area contributed by atoms with Crippen LogP contribution >= 0.6 is 0 Å². The number of aromatic nitrogens is 2. The molecule has 1 N–H and O–H groups in total. The maximum absolute atomic E-state index is 12.3. The molecule has 0 fully saturated rings. The number of benzene rings is 1. The minimum atomic E-state index is -0.116. The fraction of sp³-hybridized carbons (Fsp3) is 0.333. The number of carbonyl (C=O) groups excluding carboxylic acids is 1. The SMILES string of the molecule is CCn1nc(C)cc1C(=O)Nc1ccc(C)cc1C. The topological polar surface area (TPSA) is 46.9 Å². The normalized spacial score (nSPS) is 10.5. The van der Waals surface area contributed by atoms with Gasteiger partial charge in [-0.3, -0.25) is 9.48 Å². The molecule has 0 bridgehead atoms. The molecule has 0 saturated carbocycles. The van der Waals surface area contributed by atoms with Crippen LogP contribution in [-0.2, 0) is 6.54 Å². The van der Waals surface area contributed by atoms with Crippen LogP contribution in [0.5, 0.6) is 0 Å². The van der Waals surface area contributed by atoms with Crippen molar-refractivity contribution in [2.45, 2.75) is 34.2 Å². The first-order chi connectivity index (χ1) is 9.01. The van der Waals surface area contributed by atoms with Crippen molar-refractivity contribution < 1.29 is 4.79 Å². The molecule has 19 heavy (non-hydrogen) atoms. The first kappa shape index (κ1) is 13.3. The Balaban J connectivity index is 2.25. The predicted octanol–water partition coefficient (Wildman–Crippen LogP) is 3.08. The van der Waals surface area contributed by atoms with E-state index in [2.05, 4.69) is 16.5 Å². The van der Waals surface area contributed by atoms with Gasteiger partial charge in [0.2, 0.25) is 0 Å². The van der Waals surface area contributed by atoms with Crippen LogP contribution in [-0.4, -0.2) is 15.7 Å². The number of nitrogens with one attached hydrogen (secondary N) is 1. The largest absolute Gasteiger partial charge is 0.320 e. The van der Waals surface area contributed by atoms with E-state index in [1.807, 2.05) is 45.9 Å². The third kappa shape index (κ3) is 2.84. The zero-order chi connectivity index (χ0) is 14.0. The molecular weight excluding hydrogens is 238 g/mol. The van der Waals surface area contributed by atoms with Crippen molar-refractivity contribution >= 4 is 11.6 Å². The molecule has 100 valence electrons. The van der Waals surface area contributed by atoms with E-state index in [1.165, 1.54) is 5.56 Å². The third-order valence-electron chi connectivity index (χ3n) is 3.06. The van der Waals surface area contributed by atoms with E-state index in [1.54, 1.807) is 4.68 Å². The van der Waals surface area contributed by atoms with Gasteiger partial charge in [0.15, 0.2) is 0 Å². The lowest BCUT2D eigenvalue weighted by Crippen LogP contribution is -2.17. The van der Waals surface area contributed by atoms with Crippen molar-refractivity contribution in [2.75, 3.05) is 5.32 Å². The van der Waals surface area contributed by atoms with Crippen LogP contribution in [0.1, 0.15) is 34.2 Å². The average Bonchev–Trinajstić information content (AvgIpc) is 2.74. The minimum absolute atomic E-state index is 0.116. The van der Waals surface area contributed by atoms with Gasteiger partial charge in [0, 0.05) is 12.2 Å². The van der Waals surface area contributed by atoms with Gasteiger partial charge in [-0.25, -0.2) is 0 Å². The highest BCUT2D eigenvalue weighted by atomic mass is 16.2. The molecule has 0 aliphatic carbocycles. The molecule has 4 heteroatoms. The van der Waals surface area contributed by atoms with Crippen LogP contribution in [0.25, 0.3) is 0 Å². The molecule has 1 amide bonds. The van der Waals surface area contributed by atoms with E-state index < -0.39 is 0 Å². The molecule has 1 heterocycles. The summed E-state index contributed by atoms with van der Waals surface area (Å²) in [6.07, 6.45) is 0. The first-order valence-corrected chi connectivity index (χ1v) is 6.44. The van der Waals surface area contributed by atoms with Crippen molar-refractivity contribution in [1.29, 1.82) is 0 Å². The fourth-order valence-electron chi connectivity index (χ4n) is 2.11. The Bertz CT molecular complexity index is 614. The smallest absolute Gasteiger partial charge is 0.273 e. The molecule has 0 aliphatic rings. The standard InChI is InChI=1S/C15H19N3O/c1-5-18-14(9-12(4)17-18)15(19)16-13-7-6-10(2)8-11(13)3/h6-9H,5H2,1-4H3,(H,16,19). The monoisotopic (exact) mass is 257 g/mol. The number of rotatable bonds is 3. The van der Waals surface area contributed by atoms with Gasteiger partial charge in [0.25, 0.3) is 5.91 Å². The highest BCUT2D eigenvalue weighted by molar-refractivity contribution is 6.03. The summed E-state index contributed by atoms with van der Waals surface area (Å²) in [5.41, 5.74) is 4.54. The van der Waals surface area contributed by atoms with Crippen molar-refractivity contribution in [2.24, 2.45) is 0 Å². The lowest BCUT2D eigenvalue weighted by Gasteiger charge is -2.09. The van der Waals surface area contributed by atoms with E-state index in [0.29, 0.717) is 12.2 Å². The van der Waals surface area contributed by atoms with Gasteiger partial charge in [-0.2, -0.15) is 5.10 Å². The van der Waals surface area contributed by atoms with Crippen molar-refractivity contribution in [3.63, 3.8) is 0 Å². The maximum atomic E-state index is 12.3. The Labute approximate surface area is 113 Å². The summed E-state index contributed by atoms with van der Waals surface area (Å²) in [5, 5.41) is 7.23. The second-order valence-electron chi connectivity index (χ2n) is 4.76. The van der Waals surface area contributed by atoms with Crippen molar-refractivity contribution in [1.82, 2.24) is 9.78 Å². The van der Waals surface area contributed by atoms with Gasteiger partial charge in [-0.15, -0.1) is 0 Å². The van der Waals surface area contributed by atoms with Crippen LogP contribution in [0.4, 0.5) is 5.69 Å². The third-order valence-corrected chi connectivity index (χ3v) is 3.06. The molecule has 0 spiro atoms. The van der Waals surface area contributed by atoms with Gasteiger partial charge in [-0.05, 0) is 45.4 Å². The average molecular weight is 257 g/mol. The van der Waals surface area contributed by atoms with E-state index in [-0.39, 0.29) is 5.91 Å². The summed E-state index contributed by atoms with van der Waals surface area (Å²) in [6, 6.07) is 7.79. The summed E-state index contributed by atoms with van der Waals surface area (Å²) >= 11 is 0. The zero-order valence-corrected chi connectivity index (χ0v) is 11.8. The summed E-state index contributed by atoms with van der Waals surface area (Å²) in [7, 11) is 0. The fourth-order valence-corrected chi connectivity index (χ4v) is 2.11. The highest BCUT2D eigenvalue weighted by Gasteiger charge is 2.13. The number of nitrogens with zero attached hydrogens (tertiary/aromatic N) is 2. The number of anilines is 1. The summed E-state index contributed by atoms with van der Waals surface area (Å²) < 4.78 is 1.72. The molecule has 0 atom stereocenters. The highest BCUT2D eigenvalue weighted by Crippen LogP contribution is 2.17. The predicted molar refractivity (Wildman–Crippen MR) is 76.5 cm³/mol. The molecule has 2 aromatic rings. The second kappa shape index (κ2) is 5.26. The van der Waals surface area contributed by atoms with E-state index >= 15 is 0 Å². The Morgan fingerprint density at radius 2 is 2.00 bits per heavy atom. The number of carbonyl (C=O) groups is 1. The van der Waals surface area contributed by atoms with Crippen molar-refractivity contribution in [3.05, 3.63) is 46.8 Å². The zero-order valence-electron chi connectivity index (χ0n) is 11.8. The summed E-state index contributed by atoms with van der Waals surface area (Å²) in [4.78, 5) is 12.3. The number of amides is 1. The Morgan fingerprint density at radius 3 is 2.63 bits per heavy atom. The number of aryl methyl sites for hydroxylation is 4. The van der Waals surface area contributed by atoms with Crippen LogP contribution in [0.3, 0.4) is 0 Å². The van der Waals surface area contributed by atoms with E-state index in [0.717, 1.165) is 16.9 Å². The van der Waals surface area contributed by atoms with Gasteiger partial charge in [0.05, 0.1) is 5.69 Å². The molecular formula is C15H19N3O. The van der Waals surface area contributed by atoms with Gasteiger partial charge < -0.3 is 5.32 Å². The molecule has 1 aromatic heterocycles. The van der Waals surface area contributed by atoms with Gasteiger partial charge >= 0.3 is 0 Å². The quantitative estimate of drug-likeness (QED) is 0.918. The minimum Gasteiger partial charge on any atom is -0.320 e. The lowest BCUT2D eigenvalue weighted by molar-refractivity contribution is 0.101. The molecule has 2 rings (SSSR count). The van der Waals surface area contributed by atoms with Crippen LogP contribution in [0.2, 0.25) is 0 Å². The van der Waals surface area contributed by atoms with Gasteiger partial charge in [0.1, 0.15) is 5.69 Å². The van der Waals surface area contributed by atoms with E-state index in [4.69, 9.17) is 0 Å². The number of hydrogen-bond donors (Lipinski definition) is 1. The first-order valence-electron chi connectivity index (χ1n) is 6.44. The Hall–Kier alpha value is -2.10. The molecule has 1 aromatic carbocycles. The van der Waals surface area contributed by atoms with Crippen LogP contribution in [0, 0.1) is 20.8 Å². The van der Waals surface area contributed by atoms with E-state index in [9.17, 15) is 4.79 Å². The molecule has 0 saturated heterocycles. The summed E-state index contributed by atoms with van der Waals surface area (Å²) in [6.45, 7) is 8.57. The maximum Gasteiger partial charge on any atom is 0.273 e. The molecule has 0 unspecified atom stereocenters. The Kier molecular flexibility index (Phi) is 3.69. The molecule has 4 nitrogen and oxygen atoms in total. The van der Waals surface area contributed by atoms with Crippen molar-refractivity contribution in [3.8, 4) is 0 Å². The molecule has 0 aliphatic heterocycles. The van der Waals surface area contributed by atoms with Gasteiger partial charge in [-0.1, -0.05) is 17.7 Å². The van der Waals surface area contributed by atoms with Crippen LogP contribution < -0.4 is 5.32 Å². The van der Waals surface area contributed by atoms with Crippen LogP contribution in [0.15, 0.2) is 24.3 Å². The summed E-state index contributed by atoms with van der Waals surface area (Å²) in [5.74, 6) is -0.116. The second-order valence-corrected chi connectivity index (χ2v) is 4.76. The Morgan fingerprint density at radius 1 is 1.26 bits per heavy atom. The lowest BCUT2D eigenvalue weighted by atomic mass is 10.1. The molecule has 0 radical (unpaired) electrons. The number of hydrogen-bond acceptors (Lipinski definition) is 2.